The Bertz CT molecular complexity index is 1020. The molecule has 1 aliphatic heterocycles. The zero-order valence-electron chi connectivity index (χ0n) is 16.4. The van der Waals surface area contributed by atoms with Crippen molar-refractivity contribution in [3.8, 4) is 11.5 Å². The Morgan fingerprint density at radius 2 is 1.77 bits per heavy atom. The van der Waals surface area contributed by atoms with Gasteiger partial charge in [0.15, 0.2) is 5.82 Å². The summed E-state index contributed by atoms with van der Waals surface area (Å²) in [7, 11) is 1.60. The van der Waals surface area contributed by atoms with Gasteiger partial charge in [-0.1, -0.05) is 12.6 Å². The van der Waals surface area contributed by atoms with Crippen molar-refractivity contribution in [1.29, 1.82) is 0 Å². The summed E-state index contributed by atoms with van der Waals surface area (Å²) < 4.78 is 79.4. The molecule has 0 unspecified atom stereocenters. The zero-order valence-corrected chi connectivity index (χ0v) is 16.4. The molecular formula is C19H19F6N5. The molecule has 162 valence electrons. The van der Waals surface area contributed by atoms with E-state index in [-0.39, 0.29) is 35.3 Å². The van der Waals surface area contributed by atoms with E-state index < -0.39 is 24.6 Å². The Labute approximate surface area is 168 Å². The molecule has 0 spiro atoms. The van der Waals surface area contributed by atoms with Crippen molar-refractivity contribution in [2.45, 2.75) is 26.2 Å². The summed E-state index contributed by atoms with van der Waals surface area (Å²) in [5.41, 5.74) is 0.581. The largest absolute Gasteiger partial charge is 0.431 e. The van der Waals surface area contributed by atoms with Crippen molar-refractivity contribution >= 4 is 17.6 Å². The number of pyridine rings is 1. The summed E-state index contributed by atoms with van der Waals surface area (Å²) in [5, 5.41) is 2.20. The van der Waals surface area contributed by atoms with Crippen LogP contribution in [-0.2, 0) is 7.05 Å². The average molecular weight is 431 g/mol. The molecular weight excluding hydrogens is 412 g/mol. The smallest absolute Gasteiger partial charge is 0.361 e. The number of aryl methyl sites for hydroxylation is 1. The predicted molar refractivity (Wildman–Crippen MR) is 101 cm³/mol. The lowest BCUT2D eigenvalue weighted by atomic mass is 10.1. The maximum absolute atomic E-state index is 13.5. The van der Waals surface area contributed by atoms with Crippen LogP contribution in [-0.4, -0.2) is 44.9 Å². The van der Waals surface area contributed by atoms with E-state index in [0.29, 0.717) is 11.3 Å². The second-order valence-electron chi connectivity index (χ2n) is 6.78. The van der Waals surface area contributed by atoms with Crippen molar-refractivity contribution in [3.05, 3.63) is 41.4 Å². The summed E-state index contributed by atoms with van der Waals surface area (Å²) in [6.07, 6.45) is -8.07. The summed E-state index contributed by atoms with van der Waals surface area (Å²) in [6.45, 7) is 5.86. The molecule has 11 heteroatoms. The Kier molecular flexibility index (Phi) is 5.33. The number of imidazole rings is 1. The molecule has 3 rings (SSSR count). The van der Waals surface area contributed by atoms with Crippen LogP contribution in [0.2, 0.25) is 0 Å². The summed E-state index contributed by atoms with van der Waals surface area (Å²) in [5.74, 6) is 0.208. The van der Waals surface area contributed by atoms with E-state index in [2.05, 4.69) is 21.9 Å². The third kappa shape index (κ3) is 4.01. The molecule has 30 heavy (non-hydrogen) atoms. The molecule has 0 radical (unpaired) electrons. The van der Waals surface area contributed by atoms with E-state index in [1.807, 2.05) is 0 Å². The third-order valence-electron chi connectivity index (χ3n) is 4.67. The predicted octanol–water partition coefficient (Wildman–Crippen LogP) is 4.97. The molecule has 3 heterocycles. The van der Waals surface area contributed by atoms with Crippen LogP contribution in [0.1, 0.15) is 23.9 Å². The summed E-state index contributed by atoms with van der Waals surface area (Å²) in [4.78, 5) is 9.55. The maximum Gasteiger partial charge on any atom is 0.431 e. The first-order valence-corrected chi connectivity index (χ1v) is 8.94. The first-order valence-electron chi connectivity index (χ1n) is 8.94. The van der Waals surface area contributed by atoms with E-state index in [4.69, 9.17) is 0 Å². The molecule has 0 amide bonds. The fourth-order valence-corrected chi connectivity index (χ4v) is 3.29. The number of nitrogens with zero attached hydrogens (tertiary/aromatic N) is 4. The van der Waals surface area contributed by atoms with Crippen LogP contribution in [0, 0.1) is 6.92 Å². The quantitative estimate of drug-likeness (QED) is 0.695. The number of allylic oxidation sites excluding steroid dienone is 1. The topological polar surface area (TPSA) is 46.0 Å². The van der Waals surface area contributed by atoms with Gasteiger partial charge in [0, 0.05) is 13.6 Å². The highest BCUT2D eigenvalue weighted by molar-refractivity contribution is 5.78. The van der Waals surface area contributed by atoms with Crippen LogP contribution in [0.3, 0.4) is 0 Å². The number of hydrogen-bond acceptors (Lipinski definition) is 4. The second kappa shape index (κ2) is 7.37. The summed E-state index contributed by atoms with van der Waals surface area (Å²) >= 11 is 0. The number of fused-ring (bicyclic) bond motifs is 1. The van der Waals surface area contributed by atoms with Crippen LogP contribution >= 0.6 is 0 Å². The molecule has 0 saturated heterocycles. The maximum atomic E-state index is 13.5. The number of rotatable bonds is 4. The van der Waals surface area contributed by atoms with Gasteiger partial charge in [-0.3, -0.25) is 0 Å². The SMILES string of the molecule is C=C1c2c(nc(-c3nc(NCC(F)(F)F)ccc3C)n2C)C=C(C(F)(F)F)N1CC. The molecule has 0 saturated carbocycles. The summed E-state index contributed by atoms with van der Waals surface area (Å²) in [6, 6.07) is 2.96. The number of nitrogens with one attached hydrogen (secondary N) is 1. The van der Waals surface area contributed by atoms with Gasteiger partial charge in [0.1, 0.15) is 23.8 Å². The first kappa shape index (κ1) is 21.7. The minimum Gasteiger partial charge on any atom is -0.361 e. The van der Waals surface area contributed by atoms with Crippen molar-refractivity contribution in [3.63, 3.8) is 0 Å². The van der Waals surface area contributed by atoms with E-state index >= 15 is 0 Å². The standard InChI is InChI=1S/C19H19F6N5/c1-5-30-11(3)16-12(8-13(30)19(23,24)25)27-17(29(16)4)15-10(2)6-7-14(28-15)26-9-18(20,21)22/h6-8H,3,5,9H2,1-2,4H3,(H,26,28). The van der Waals surface area contributed by atoms with Gasteiger partial charge in [-0.2, -0.15) is 26.3 Å². The fraction of sp³-hybridized carbons (Fsp3) is 0.368. The Hall–Kier alpha value is -2.98. The molecule has 2 aromatic rings. The number of anilines is 1. The second-order valence-corrected chi connectivity index (χ2v) is 6.78. The Morgan fingerprint density at radius 3 is 2.33 bits per heavy atom. The van der Waals surface area contributed by atoms with Gasteiger partial charge >= 0.3 is 12.4 Å². The van der Waals surface area contributed by atoms with Gasteiger partial charge in [0.25, 0.3) is 0 Å². The number of alkyl halides is 6. The van der Waals surface area contributed by atoms with Crippen LogP contribution < -0.4 is 5.32 Å². The van der Waals surface area contributed by atoms with Crippen LogP contribution in [0.15, 0.2) is 24.4 Å². The van der Waals surface area contributed by atoms with Crippen molar-refractivity contribution < 1.29 is 26.3 Å². The lowest BCUT2D eigenvalue weighted by molar-refractivity contribution is -0.115. The zero-order chi connectivity index (χ0) is 22.4. The lowest BCUT2D eigenvalue weighted by Gasteiger charge is -2.32. The lowest BCUT2D eigenvalue weighted by Crippen LogP contribution is -2.33. The molecule has 0 atom stereocenters. The van der Waals surface area contributed by atoms with Gasteiger partial charge < -0.3 is 14.8 Å². The van der Waals surface area contributed by atoms with Crippen LogP contribution in [0.5, 0.6) is 0 Å². The highest BCUT2D eigenvalue weighted by Gasteiger charge is 2.42. The molecule has 5 nitrogen and oxygen atoms in total. The highest BCUT2D eigenvalue weighted by Crippen LogP contribution is 2.41. The van der Waals surface area contributed by atoms with E-state index in [1.165, 1.54) is 6.07 Å². The van der Waals surface area contributed by atoms with Crippen molar-refractivity contribution in [1.82, 2.24) is 19.4 Å². The molecule has 0 bridgehead atoms. The van der Waals surface area contributed by atoms with Gasteiger partial charge in [-0.05, 0) is 31.6 Å². The van der Waals surface area contributed by atoms with E-state index in [1.54, 1.807) is 31.5 Å². The minimum atomic E-state index is -4.59. The fourth-order valence-electron chi connectivity index (χ4n) is 3.29. The van der Waals surface area contributed by atoms with Gasteiger partial charge in [-0.25, -0.2) is 9.97 Å². The molecule has 0 fully saturated rings. The monoisotopic (exact) mass is 431 g/mol. The number of halogens is 6. The normalized spacial score (nSPS) is 14.6. The first-order chi connectivity index (χ1) is 13.8. The average Bonchev–Trinajstić information content (AvgIpc) is 2.96. The van der Waals surface area contributed by atoms with Gasteiger partial charge in [0.2, 0.25) is 0 Å². The van der Waals surface area contributed by atoms with Gasteiger partial charge in [0.05, 0.1) is 17.1 Å². The number of aromatic nitrogens is 3. The Balaban J connectivity index is 2.09. The molecule has 2 aromatic heterocycles. The van der Waals surface area contributed by atoms with Gasteiger partial charge in [-0.15, -0.1) is 0 Å². The Morgan fingerprint density at radius 1 is 1.10 bits per heavy atom. The minimum absolute atomic E-state index is 0.0190. The van der Waals surface area contributed by atoms with Crippen molar-refractivity contribution in [2.75, 3.05) is 18.4 Å². The third-order valence-corrected chi connectivity index (χ3v) is 4.67. The number of hydrogen-bond donors (Lipinski definition) is 1. The van der Waals surface area contributed by atoms with Crippen molar-refractivity contribution in [2.24, 2.45) is 7.05 Å². The van der Waals surface area contributed by atoms with E-state index in [9.17, 15) is 26.3 Å². The highest BCUT2D eigenvalue weighted by atomic mass is 19.4. The van der Waals surface area contributed by atoms with E-state index in [0.717, 1.165) is 11.0 Å². The molecule has 0 aromatic carbocycles. The molecule has 0 aliphatic carbocycles. The molecule has 1 N–H and O–H groups in total. The van der Waals surface area contributed by atoms with Crippen LogP contribution in [0.25, 0.3) is 23.3 Å². The molecule has 1 aliphatic rings. The van der Waals surface area contributed by atoms with Crippen LogP contribution in [0.4, 0.5) is 32.2 Å².